The predicted molar refractivity (Wildman–Crippen MR) is 74.8 cm³/mol. The Morgan fingerprint density at radius 3 is 2.65 bits per heavy atom. The van der Waals surface area contributed by atoms with Crippen molar-refractivity contribution in [3.63, 3.8) is 0 Å². The first-order chi connectivity index (χ1) is 8.25. The lowest BCUT2D eigenvalue weighted by molar-refractivity contribution is 1.25. The number of nitrogens with two attached hydrogens (primary N) is 1. The first-order valence-corrected chi connectivity index (χ1v) is 6.74. The molecule has 2 N–H and O–H groups in total. The molecule has 1 aromatic carbocycles. The molecule has 17 heavy (non-hydrogen) atoms. The fraction of sp³-hybridized carbons (Fsp3) is 0.214. The Kier molecular flexibility index (Phi) is 4.04. The van der Waals surface area contributed by atoms with Crippen LogP contribution in [0.1, 0.15) is 16.7 Å². The van der Waals surface area contributed by atoms with Gasteiger partial charge in [-0.2, -0.15) is 11.8 Å². The standard InChI is InChI=1S/C14H16N2S/c1-11-4-2-3-5-13(11)10-17-9-12-6-7-14(15)16-8-12/h2-8H,9-10H2,1H3,(H2,15,16). The molecule has 1 aromatic heterocycles. The van der Waals surface area contributed by atoms with E-state index in [0.717, 1.165) is 11.5 Å². The molecule has 0 unspecified atom stereocenters. The summed E-state index contributed by atoms with van der Waals surface area (Å²) in [6.45, 7) is 2.15. The van der Waals surface area contributed by atoms with E-state index in [2.05, 4.69) is 36.2 Å². The highest BCUT2D eigenvalue weighted by atomic mass is 32.2. The monoisotopic (exact) mass is 244 g/mol. The fourth-order valence-corrected chi connectivity index (χ4v) is 2.62. The average Bonchev–Trinajstić information content (AvgIpc) is 2.34. The summed E-state index contributed by atoms with van der Waals surface area (Å²) in [6.07, 6.45) is 1.85. The van der Waals surface area contributed by atoms with Crippen molar-refractivity contribution in [3.05, 3.63) is 59.3 Å². The number of hydrogen-bond donors (Lipinski definition) is 1. The van der Waals surface area contributed by atoms with Gasteiger partial charge in [0.25, 0.3) is 0 Å². The average molecular weight is 244 g/mol. The van der Waals surface area contributed by atoms with Crippen LogP contribution in [-0.4, -0.2) is 4.98 Å². The smallest absolute Gasteiger partial charge is 0.123 e. The van der Waals surface area contributed by atoms with Crippen LogP contribution in [0.15, 0.2) is 42.6 Å². The number of pyridine rings is 1. The van der Waals surface area contributed by atoms with Gasteiger partial charge in [-0.25, -0.2) is 4.98 Å². The molecule has 0 saturated carbocycles. The van der Waals surface area contributed by atoms with E-state index >= 15 is 0 Å². The lowest BCUT2D eigenvalue weighted by Gasteiger charge is -2.05. The lowest BCUT2D eigenvalue weighted by atomic mass is 10.1. The number of aromatic nitrogens is 1. The Labute approximate surface area is 106 Å². The van der Waals surface area contributed by atoms with Crippen molar-refractivity contribution < 1.29 is 0 Å². The third-order valence-electron chi connectivity index (χ3n) is 2.64. The van der Waals surface area contributed by atoms with Crippen LogP contribution in [0.4, 0.5) is 5.82 Å². The maximum Gasteiger partial charge on any atom is 0.123 e. The minimum absolute atomic E-state index is 0.581. The summed E-state index contributed by atoms with van der Waals surface area (Å²) in [6, 6.07) is 12.4. The highest BCUT2D eigenvalue weighted by molar-refractivity contribution is 7.97. The molecular weight excluding hydrogens is 228 g/mol. The van der Waals surface area contributed by atoms with E-state index in [1.807, 2.05) is 30.1 Å². The Morgan fingerprint density at radius 1 is 1.12 bits per heavy atom. The molecule has 1 heterocycles. The molecule has 0 aliphatic rings. The normalized spacial score (nSPS) is 10.4. The zero-order valence-corrected chi connectivity index (χ0v) is 10.7. The van der Waals surface area contributed by atoms with Crippen LogP contribution < -0.4 is 5.73 Å². The highest BCUT2D eigenvalue weighted by Gasteiger charge is 1.98. The molecule has 3 heteroatoms. The summed E-state index contributed by atoms with van der Waals surface area (Å²) >= 11 is 1.90. The van der Waals surface area contributed by atoms with Gasteiger partial charge in [0.15, 0.2) is 0 Å². The molecule has 0 amide bonds. The topological polar surface area (TPSA) is 38.9 Å². The number of hydrogen-bond acceptors (Lipinski definition) is 3. The molecule has 0 atom stereocenters. The van der Waals surface area contributed by atoms with Crippen LogP contribution in [0.25, 0.3) is 0 Å². The number of thioether (sulfide) groups is 1. The van der Waals surface area contributed by atoms with Gasteiger partial charge in [0.2, 0.25) is 0 Å². The number of anilines is 1. The minimum atomic E-state index is 0.581. The Hall–Kier alpha value is -1.48. The predicted octanol–water partition coefficient (Wildman–Crippen LogP) is 3.41. The van der Waals surface area contributed by atoms with Crippen molar-refractivity contribution in [1.29, 1.82) is 0 Å². The SMILES string of the molecule is Cc1ccccc1CSCc1ccc(N)nc1. The van der Waals surface area contributed by atoms with Gasteiger partial charge < -0.3 is 5.73 Å². The van der Waals surface area contributed by atoms with Crippen LogP contribution in [0.5, 0.6) is 0 Å². The molecule has 2 aromatic rings. The number of nitrogens with zero attached hydrogens (tertiary/aromatic N) is 1. The Balaban J connectivity index is 1.88. The van der Waals surface area contributed by atoms with Crippen molar-refractivity contribution in [2.45, 2.75) is 18.4 Å². The second kappa shape index (κ2) is 5.73. The van der Waals surface area contributed by atoms with Crippen molar-refractivity contribution in [3.8, 4) is 0 Å². The molecule has 0 aliphatic carbocycles. The fourth-order valence-electron chi connectivity index (χ4n) is 1.57. The largest absolute Gasteiger partial charge is 0.384 e. The van der Waals surface area contributed by atoms with Crippen LogP contribution in [0.3, 0.4) is 0 Å². The number of benzene rings is 1. The molecule has 0 aliphatic heterocycles. The second-order valence-corrected chi connectivity index (χ2v) is 5.00. The first kappa shape index (κ1) is 12.0. The zero-order valence-electron chi connectivity index (χ0n) is 9.89. The van der Waals surface area contributed by atoms with E-state index in [4.69, 9.17) is 5.73 Å². The van der Waals surface area contributed by atoms with Gasteiger partial charge in [0.05, 0.1) is 0 Å². The summed E-state index contributed by atoms with van der Waals surface area (Å²) in [4.78, 5) is 4.09. The van der Waals surface area contributed by atoms with Crippen molar-refractivity contribution >= 4 is 17.6 Å². The Morgan fingerprint density at radius 2 is 1.94 bits per heavy atom. The van der Waals surface area contributed by atoms with E-state index in [1.165, 1.54) is 16.7 Å². The second-order valence-electron chi connectivity index (χ2n) is 4.01. The maximum atomic E-state index is 5.55. The third kappa shape index (κ3) is 3.49. The molecule has 0 bridgehead atoms. The minimum Gasteiger partial charge on any atom is -0.384 e. The molecule has 0 spiro atoms. The summed E-state index contributed by atoms with van der Waals surface area (Å²) in [5.74, 6) is 2.59. The number of rotatable bonds is 4. The van der Waals surface area contributed by atoms with E-state index in [1.54, 1.807) is 0 Å². The molecular formula is C14H16N2S. The quantitative estimate of drug-likeness (QED) is 0.895. The van der Waals surface area contributed by atoms with E-state index < -0.39 is 0 Å². The van der Waals surface area contributed by atoms with Gasteiger partial charge in [0, 0.05) is 17.7 Å². The summed E-state index contributed by atoms with van der Waals surface area (Å²) in [5, 5.41) is 0. The van der Waals surface area contributed by atoms with Gasteiger partial charge in [-0.1, -0.05) is 30.3 Å². The van der Waals surface area contributed by atoms with Gasteiger partial charge >= 0.3 is 0 Å². The lowest BCUT2D eigenvalue weighted by Crippen LogP contribution is -1.91. The van der Waals surface area contributed by atoms with E-state index in [0.29, 0.717) is 5.82 Å². The van der Waals surface area contributed by atoms with E-state index in [-0.39, 0.29) is 0 Å². The molecule has 0 fully saturated rings. The molecule has 0 saturated heterocycles. The van der Waals surface area contributed by atoms with Gasteiger partial charge in [-0.05, 0) is 29.7 Å². The van der Waals surface area contributed by atoms with Crippen LogP contribution in [-0.2, 0) is 11.5 Å². The maximum absolute atomic E-state index is 5.55. The van der Waals surface area contributed by atoms with Crippen LogP contribution in [0, 0.1) is 6.92 Å². The summed E-state index contributed by atoms with van der Waals surface area (Å²) in [7, 11) is 0. The van der Waals surface area contributed by atoms with Gasteiger partial charge in [-0.3, -0.25) is 0 Å². The van der Waals surface area contributed by atoms with Crippen LogP contribution in [0.2, 0.25) is 0 Å². The van der Waals surface area contributed by atoms with Gasteiger partial charge in [-0.15, -0.1) is 0 Å². The molecule has 2 nitrogen and oxygen atoms in total. The molecule has 2 rings (SSSR count). The highest BCUT2D eigenvalue weighted by Crippen LogP contribution is 2.19. The third-order valence-corrected chi connectivity index (χ3v) is 3.69. The number of nitrogen functional groups attached to an aromatic ring is 1. The molecule has 88 valence electrons. The van der Waals surface area contributed by atoms with E-state index in [9.17, 15) is 0 Å². The first-order valence-electron chi connectivity index (χ1n) is 5.58. The number of aryl methyl sites for hydroxylation is 1. The zero-order chi connectivity index (χ0) is 12.1. The summed E-state index contributed by atoms with van der Waals surface area (Å²) in [5.41, 5.74) is 9.53. The molecule has 0 radical (unpaired) electrons. The summed E-state index contributed by atoms with van der Waals surface area (Å²) < 4.78 is 0. The van der Waals surface area contributed by atoms with Crippen molar-refractivity contribution in [2.75, 3.05) is 5.73 Å². The Bertz CT molecular complexity index is 480. The van der Waals surface area contributed by atoms with Crippen molar-refractivity contribution in [1.82, 2.24) is 4.98 Å². The van der Waals surface area contributed by atoms with Crippen LogP contribution >= 0.6 is 11.8 Å². The van der Waals surface area contributed by atoms with Crippen molar-refractivity contribution in [2.24, 2.45) is 0 Å². The van der Waals surface area contributed by atoms with Gasteiger partial charge in [0.1, 0.15) is 5.82 Å².